The van der Waals surface area contributed by atoms with Crippen molar-refractivity contribution in [1.82, 2.24) is 18.7 Å². The van der Waals surface area contributed by atoms with Gasteiger partial charge in [0.25, 0.3) is 0 Å². The highest BCUT2D eigenvalue weighted by Gasteiger charge is 2.22. The van der Waals surface area contributed by atoms with Crippen LogP contribution in [0.2, 0.25) is 0 Å². The Morgan fingerprint density at radius 2 is 0.694 bits per heavy atom. The molecule has 4 nitrogen and oxygen atoms in total. The number of nitrogens with zero attached hydrogens (tertiary/aromatic N) is 3. The Labute approximate surface area is 499 Å². The van der Waals surface area contributed by atoms with Crippen LogP contribution in [-0.2, 0) is 0 Å². The summed E-state index contributed by atoms with van der Waals surface area (Å²) < 4.78 is 8.42. The van der Waals surface area contributed by atoms with Crippen LogP contribution >= 0.6 is 15.9 Å². The fraction of sp³-hybridized carbons (Fsp3) is 0. The quantitative estimate of drug-likeness (QED) is 0.178. The molecule has 4 heterocycles. The minimum Gasteiger partial charge on any atom is -0.354 e. The second-order valence-electron chi connectivity index (χ2n) is 21.8. The van der Waals surface area contributed by atoms with Gasteiger partial charge in [-0.1, -0.05) is 246 Å². The van der Waals surface area contributed by atoms with E-state index in [1.807, 2.05) is 0 Å². The maximum absolute atomic E-state index is 3.70. The lowest BCUT2D eigenvalue weighted by Crippen LogP contribution is -1.96. The normalized spacial score (nSPS) is 11.6. The molecule has 14 aromatic carbocycles. The van der Waals surface area contributed by atoms with E-state index in [-0.39, 0.29) is 0 Å². The van der Waals surface area contributed by atoms with Gasteiger partial charge in [0.2, 0.25) is 0 Å². The van der Waals surface area contributed by atoms with Gasteiger partial charge in [0.1, 0.15) is 0 Å². The Morgan fingerprint density at radius 3 is 1.32 bits per heavy atom. The average molecular weight is 1150 g/mol. The highest BCUT2D eigenvalue weighted by Crippen LogP contribution is 2.44. The van der Waals surface area contributed by atoms with Crippen molar-refractivity contribution in [1.29, 1.82) is 0 Å². The third-order valence-corrected chi connectivity index (χ3v) is 17.4. The molecule has 0 spiro atoms. The standard InChI is InChI=1S/C40H26N2.C30H20N2.C10H7Br/c1-2-11-27(12-3-1)30-15-10-16-31(25-30)41-37-20-9-7-18-35(37)39-38(41)24-23-34-33-17-6-8-19-36(33)42(40(34)39)32-22-21-28-13-4-5-14-29(28)26-32;1-2-9-20(10-3-1)21-11-8-12-22(19-21)32-27-16-7-5-14-25(27)29-28(32)18-17-24-23-13-4-6-15-26(23)31-30(24)29;11-10-6-5-8-3-1-2-4-9(8)7-10/h1-26H;1-19,31H;1-7H. The zero-order chi connectivity index (χ0) is 56.4. The van der Waals surface area contributed by atoms with Crippen LogP contribution in [-0.4, -0.2) is 18.7 Å². The van der Waals surface area contributed by atoms with Crippen molar-refractivity contribution < 1.29 is 0 Å². The van der Waals surface area contributed by atoms with Crippen LogP contribution < -0.4 is 0 Å². The van der Waals surface area contributed by atoms with Crippen LogP contribution in [0.1, 0.15) is 0 Å². The number of halogens is 1. The van der Waals surface area contributed by atoms with E-state index in [0.29, 0.717) is 0 Å². The number of hydrogen-bond acceptors (Lipinski definition) is 0. The van der Waals surface area contributed by atoms with Gasteiger partial charge in [0, 0.05) is 70.1 Å². The number of aromatic amines is 1. The molecule has 18 aromatic rings. The highest BCUT2D eigenvalue weighted by molar-refractivity contribution is 9.10. The van der Waals surface area contributed by atoms with E-state index in [2.05, 4.69) is 350 Å². The molecular formula is C80H53BrN4. The zero-order valence-corrected chi connectivity index (χ0v) is 47.8. The maximum Gasteiger partial charge on any atom is 0.0641 e. The Morgan fingerprint density at radius 1 is 0.247 bits per heavy atom. The third-order valence-electron chi connectivity index (χ3n) is 16.9. The smallest absolute Gasteiger partial charge is 0.0641 e. The molecule has 0 aliphatic carbocycles. The predicted octanol–water partition coefficient (Wildman–Crippen LogP) is 22.4. The number of nitrogens with one attached hydrogen (secondary N) is 1. The number of aromatic nitrogens is 4. The monoisotopic (exact) mass is 1150 g/mol. The first-order chi connectivity index (χ1) is 42.1. The van der Waals surface area contributed by atoms with Gasteiger partial charge >= 0.3 is 0 Å². The fourth-order valence-corrected chi connectivity index (χ4v) is 13.5. The summed E-state index contributed by atoms with van der Waals surface area (Å²) in [4.78, 5) is 3.70. The minimum absolute atomic E-state index is 1.14. The number of para-hydroxylation sites is 4. The van der Waals surface area contributed by atoms with Gasteiger partial charge in [-0.15, -0.1) is 0 Å². The predicted molar refractivity (Wildman–Crippen MR) is 365 cm³/mol. The maximum atomic E-state index is 3.70. The van der Waals surface area contributed by atoms with Gasteiger partial charge in [-0.25, -0.2) is 0 Å². The summed E-state index contributed by atoms with van der Waals surface area (Å²) in [5.41, 5.74) is 18.1. The molecule has 0 aliphatic heterocycles. The van der Waals surface area contributed by atoms with Crippen LogP contribution in [0.15, 0.2) is 320 Å². The molecule has 0 fully saturated rings. The van der Waals surface area contributed by atoms with Crippen molar-refractivity contribution in [2.24, 2.45) is 0 Å². The summed E-state index contributed by atoms with van der Waals surface area (Å²) in [6.45, 7) is 0. The molecule has 0 saturated carbocycles. The van der Waals surface area contributed by atoms with Crippen molar-refractivity contribution in [2.75, 3.05) is 0 Å². The van der Waals surface area contributed by atoms with Crippen molar-refractivity contribution in [3.8, 4) is 39.3 Å². The Balaban J connectivity index is 0.000000120. The SMILES string of the molecule is Brc1ccc2ccccc2c1.c1ccc(-c2cccc(-n3c4ccccc4c4c3ccc3c5ccccc5n(-c5ccc6ccccc6c5)c34)c2)cc1.c1ccc(-c2cccc(-n3c4ccccc4c4c5[nH]c6ccccc6c5ccc43)c2)cc1. The molecule has 0 saturated heterocycles. The zero-order valence-electron chi connectivity index (χ0n) is 46.2. The molecule has 0 amide bonds. The lowest BCUT2D eigenvalue weighted by atomic mass is 10.1. The van der Waals surface area contributed by atoms with Crippen molar-refractivity contribution in [3.05, 3.63) is 320 Å². The van der Waals surface area contributed by atoms with Crippen LogP contribution in [0.3, 0.4) is 0 Å². The lowest BCUT2D eigenvalue weighted by Gasteiger charge is -2.12. The largest absolute Gasteiger partial charge is 0.354 e. The summed E-state index contributed by atoms with van der Waals surface area (Å²) in [7, 11) is 0. The molecular weight excluding hydrogens is 1100 g/mol. The third kappa shape index (κ3) is 8.67. The molecule has 0 aliphatic rings. The Kier molecular flexibility index (Phi) is 12.3. The molecule has 4 aromatic heterocycles. The van der Waals surface area contributed by atoms with Crippen LogP contribution in [0, 0.1) is 0 Å². The summed E-state index contributed by atoms with van der Waals surface area (Å²) in [6.07, 6.45) is 0. The van der Waals surface area contributed by atoms with Gasteiger partial charge in [-0.3, -0.25) is 0 Å². The molecule has 0 atom stereocenters. The van der Waals surface area contributed by atoms with E-state index < -0.39 is 0 Å². The fourth-order valence-electron chi connectivity index (χ4n) is 13.1. The Bertz CT molecular complexity index is 5570. The van der Waals surface area contributed by atoms with Crippen molar-refractivity contribution in [2.45, 2.75) is 0 Å². The summed E-state index contributed by atoms with van der Waals surface area (Å²) >= 11 is 3.43. The number of rotatable bonds is 5. The molecule has 1 N–H and O–H groups in total. The first-order valence-corrected chi connectivity index (χ1v) is 29.7. The second-order valence-corrected chi connectivity index (χ2v) is 22.7. The van der Waals surface area contributed by atoms with E-state index in [4.69, 9.17) is 0 Å². The molecule has 0 radical (unpaired) electrons. The highest BCUT2D eigenvalue weighted by atomic mass is 79.9. The first-order valence-electron chi connectivity index (χ1n) is 28.9. The summed E-state index contributed by atoms with van der Waals surface area (Å²) in [5.74, 6) is 0. The molecule has 85 heavy (non-hydrogen) atoms. The van der Waals surface area contributed by atoms with E-state index in [9.17, 15) is 0 Å². The lowest BCUT2D eigenvalue weighted by molar-refractivity contribution is 1.18. The topological polar surface area (TPSA) is 30.6 Å². The molecule has 5 heteroatoms. The minimum atomic E-state index is 1.14. The first kappa shape index (κ1) is 50.0. The molecule has 0 bridgehead atoms. The Hall–Kier alpha value is -10.7. The molecule has 400 valence electrons. The van der Waals surface area contributed by atoms with Gasteiger partial charge in [0.15, 0.2) is 0 Å². The van der Waals surface area contributed by atoms with Crippen LogP contribution in [0.4, 0.5) is 0 Å². The van der Waals surface area contributed by atoms with E-state index in [1.165, 1.54) is 142 Å². The van der Waals surface area contributed by atoms with Gasteiger partial charge in [0.05, 0.1) is 38.6 Å². The van der Waals surface area contributed by atoms with Gasteiger partial charge in [-0.2, -0.15) is 0 Å². The van der Waals surface area contributed by atoms with E-state index in [0.717, 1.165) is 10.2 Å². The number of H-pyrrole nitrogens is 1. The van der Waals surface area contributed by atoms with Crippen molar-refractivity contribution >= 4 is 125 Å². The van der Waals surface area contributed by atoms with E-state index >= 15 is 0 Å². The second kappa shape index (κ2) is 20.9. The van der Waals surface area contributed by atoms with Crippen LogP contribution in [0.5, 0.6) is 0 Å². The number of hydrogen-bond donors (Lipinski definition) is 1. The number of benzene rings is 14. The molecule has 18 rings (SSSR count). The summed E-state index contributed by atoms with van der Waals surface area (Å²) in [5, 5.41) is 15.2. The van der Waals surface area contributed by atoms with Gasteiger partial charge in [-0.05, 0) is 129 Å². The van der Waals surface area contributed by atoms with Crippen LogP contribution in [0.25, 0.3) is 148 Å². The molecule has 0 unspecified atom stereocenters. The van der Waals surface area contributed by atoms with E-state index in [1.54, 1.807) is 0 Å². The average Bonchev–Trinajstić information content (AvgIpc) is 2.39. The van der Waals surface area contributed by atoms with Gasteiger partial charge < -0.3 is 18.7 Å². The summed E-state index contributed by atoms with van der Waals surface area (Å²) in [6, 6.07) is 113. The van der Waals surface area contributed by atoms with Crippen molar-refractivity contribution in [3.63, 3.8) is 0 Å². The number of fused-ring (bicyclic) bond motifs is 16.